The Labute approximate surface area is 57.4 Å². The summed E-state index contributed by atoms with van der Waals surface area (Å²) in [6.07, 6.45) is 0.153. The summed E-state index contributed by atoms with van der Waals surface area (Å²) in [6, 6.07) is 0. The lowest BCUT2D eigenvalue weighted by atomic mass is 10.4. The molecular formula is C6H17N3. The zero-order valence-corrected chi connectivity index (χ0v) is 6.76. The van der Waals surface area contributed by atoms with Crippen LogP contribution in [0.4, 0.5) is 0 Å². The summed E-state index contributed by atoms with van der Waals surface area (Å²) in [5, 5.41) is 0. The predicted octanol–water partition coefficient (Wildman–Crippen LogP) is -0.606. The highest BCUT2D eigenvalue weighted by Crippen LogP contribution is 1.84. The molecule has 0 aromatic rings. The quantitative estimate of drug-likeness (QED) is 0.519. The molecule has 0 aliphatic heterocycles. The van der Waals surface area contributed by atoms with E-state index in [4.69, 9.17) is 5.73 Å². The Morgan fingerprint density at radius 1 is 1.22 bits per heavy atom. The number of hydrogen-bond acceptors (Lipinski definition) is 3. The van der Waals surface area contributed by atoms with E-state index in [1.54, 1.807) is 0 Å². The summed E-state index contributed by atoms with van der Waals surface area (Å²) in [7, 11) is 8.00. The third-order valence-electron chi connectivity index (χ3n) is 1.22. The minimum atomic E-state index is 0.153. The molecule has 2 N–H and O–H groups in total. The monoisotopic (exact) mass is 131 g/mol. The Morgan fingerprint density at radius 2 is 1.67 bits per heavy atom. The van der Waals surface area contributed by atoms with Gasteiger partial charge >= 0.3 is 0 Å². The van der Waals surface area contributed by atoms with Gasteiger partial charge in [0.05, 0.1) is 6.17 Å². The van der Waals surface area contributed by atoms with Crippen LogP contribution in [0.1, 0.15) is 0 Å². The average Bonchev–Trinajstić information content (AvgIpc) is 1.63. The van der Waals surface area contributed by atoms with Crippen molar-refractivity contribution in [3.8, 4) is 0 Å². The zero-order chi connectivity index (χ0) is 7.44. The molecule has 1 atom stereocenters. The molecule has 0 radical (unpaired) electrons. The van der Waals surface area contributed by atoms with Crippen LogP contribution in [0, 0.1) is 0 Å². The van der Waals surface area contributed by atoms with Gasteiger partial charge in [-0.15, -0.1) is 0 Å². The predicted molar refractivity (Wildman–Crippen MR) is 40.2 cm³/mol. The molecule has 1 unspecified atom stereocenters. The molecule has 0 aliphatic rings. The van der Waals surface area contributed by atoms with Crippen LogP contribution in [0.3, 0.4) is 0 Å². The number of likely N-dealkylation sites (N-methyl/N-ethyl adjacent to an activating group) is 2. The van der Waals surface area contributed by atoms with Gasteiger partial charge in [0.1, 0.15) is 0 Å². The van der Waals surface area contributed by atoms with Crippen molar-refractivity contribution >= 4 is 0 Å². The van der Waals surface area contributed by atoms with Gasteiger partial charge in [-0.05, 0) is 28.2 Å². The summed E-state index contributed by atoms with van der Waals surface area (Å²) < 4.78 is 0. The van der Waals surface area contributed by atoms with Crippen molar-refractivity contribution in [2.45, 2.75) is 6.17 Å². The molecule has 0 rings (SSSR count). The molecule has 3 heteroatoms. The molecule has 56 valence electrons. The highest BCUT2D eigenvalue weighted by atomic mass is 15.2. The molecule has 0 saturated heterocycles. The SMILES string of the molecule is CN(C)CC(N)N(C)C. The lowest BCUT2D eigenvalue weighted by Crippen LogP contribution is -2.44. The van der Waals surface area contributed by atoms with Crippen LogP contribution >= 0.6 is 0 Å². The summed E-state index contributed by atoms with van der Waals surface area (Å²) in [6.45, 7) is 0.910. The Morgan fingerprint density at radius 3 is 1.78 bits per heavy atom. The second-order valence-electron chi connectivity index (χ2n) is 2.79. The molecule has 0 heterocycles. The summed E-state index contributed by atoms with van der Waals surface area (Å²) in [5.41, 5.74) is 5.70. The van der Waals surface area contributed by atoms with Gasteiger partial charge in [-0.3, -0.25) is 4.90 Å². The Bertz CT molecular complexity index is 70.7. The smallest absolute Gasteiger partial charge is 0.0697 e. The topological polar surface area (TPSA) is 32.5 Å². The van der Waals surface area contributed by atoms with Crippen LogP contribution in [-0.4, -0.2) is 50.7 Å². The summed E-state index contributed by atoms with van der Waals surface area (Å²) in [5.74, 6) is 0. The fourth-order valence-corrected chi connectivity index (χ4v) is 0.537. The highest BCUT2D eigenvalue weighted by Gasteiger charge is 2.03. The van der Waals surface area contributed by atoms with E-state index in [1.165, 1.54) is 0 Å². The molecule has 0 bridgehead atoms. The first kappa shape index (κ1) is 8.88. The van der Waals surface area contributed by atoms with Crippen molar-refractivity contribution in [3.63, 3.8) is 0 Å². The molecular weight excluding hydrogens is 114 g/mol. The minimum absolute atomic E-state index is 0.153. The maximum Gasteiger partial charge on any atom is 0.0697 e. The lowest BCUT2D eigenvalue weighted by molar-refractivity contribution is 0.234. The van der Waals surface area contributed by atoms with E-state index in [0.717, 1.165) is 6.54 Å². The zero-order valence-electron chi connectivity index (χ0n) is 6.76. The van der Waals surface area contributed by atoms with Crippen LogP contribution in [-0.2, 0) is 0 Å². The van der Waals surface area contributed by atoms with Crippen molar-refractivity contribution in [2.75, 3.05) is 34.7 Å². The summed E-state index contributed by atoms with van der Waals surface area (Å²) >= 11 is 0. The minimum Gasteiger partial charge on any atom is -0.315 e. The number of rotatable bonds is 3. The average molecular weight is 131 g/mol. The van der Waals surface area contributed by atoms with E-state index in [0.29, 0.717) is 0 Å². The van der Waals surface area contributed by atoms with Crippen LogP contribution < -0.4 is 5.73 Å². The highest BCUT2D eigenvalue weighted by molar-refractivity contribution is 4.59. The first-order chi connectivity index (χ1) is 4.04. The third-order valence-corrected chi connectivity index (χ3v) is 1.22. The van der Waals surface area contributed by atoms with Gasteiger partial charge in [-0.1, -0.05) is 0 Å². The molecule has 9 heavy (non-hydrogen) atoms. The van der Waals surface area contributed by atoms with Crippen molar-refractivity contribution in [3.05, 3.63) is 0 Å². The molecule has 0 fully saturated rings. The van der Waals surface area contributed by atoms with E-state index >= 15 is 0 Å². The van der Waals surface area contributed by atoms with Crippen LogP contribution in [0.15, 0.2) is 0 Å². The molecule has 0 aromatic carbocycles. The molecule has 0 aliphatic carbocycles. The van der Waals surface area contributed by atoms with Gasteiger partial charge in [0, 0.05) is 6.54 Å². The largest absolute Gasteiger partial charge is 0.315 e. The van der Waals surface area contributed by atoms with E-state index < -0.39 is 0 Å². The second kappa shape index (κ2) is 3.82. The van der Waals surface area contributed by atoms with Crippen LogP contribution in [0.25, 0.3) is 0 Å². The molecule has 0 spiro atoms. The molecule has 0 saturated carbocycles. The van der Waals surface area contributed by atoms with Gasteiger partial charge in [-0.25, -0.2) is 0 Å². The fourth-order valence-electron chi connectivity index (χ4n) is 0.537. The van der Waals surface area contributed by atoms with Crippen molar-refractivity contribution < 1.29 is 0 Å². The Kier molecular flexibility index (Phi) is 3.77. The molecule has 0 amide bonds. The van der Waals surface area contributed by atoms with Gasteiger partial charge in [0.25, 0.3) is 0 Å². The van der Waals surface area contributed by atoms with Gasteiger partial charge < -0.3 is 10.6 Å². The van der Waals surface area contributed by atoms with Crippen LogP contribution in [0.5, 0.6) is 0 Å². The van der Waals surface area contributed by atoms with Crippen LogP contribution in [0.2, 0.25) is 0 Å². The second-order valence-corrected chi connectivity index (χ2v) is 2.79. The van der Waals surface area contributed by atoms with Gasteiger partial charge in [-0.2, -0.15) is 0 Å². The first-order valence-electron chi connectivity index (χ1n) is 3.10. The van der Waals surface area contributed by atoms with Crippen molar-refractivity contribution in [1.82, 2.24) is 9.80 Å². The number of nitrogens with two attached hydrogens (primary N) is 1. The van der Waals surface area contributed by atoms with Gasteiger partial charge in [0.2, 0.25) is 0 Å². The molecule has 3 nitrogen and oxygen atoms in total. The van der Waals surface area contributed by atoms with E-state index in [1.807, 2.05) is 33.1 Å². The number of nitrogens with zero attached hydrogens (tertiary/aromatic N) is 2. The maximum atomic E-state index is 5.70. The summed E-state index contributed by atoms with van der Waals surface area (Å²) in [4.78, 5) is 4.07. The van der Waals surface area contributed by atoms with E-state index in [9.17, 15) is 0 Å². The Hall–Kier alpha value is -0.120. The first-order valence-corrected chi connectivity index (χ1v) is 3.10. The van der Waals surface area contributed by atoms with E-state index in [2.05, 4.69) is 4.90 Å². The third kappa shape index (κ3) is 4.39. The standard InChI is InChI=1S/C6H17N3/c1-8(2)5-6(7)9(3)4/h6H,5,7H2,1-4H3. The lowest BCUT2D eigenvalue weighted by Gasteiger charge is -2.22. The number of hydrogen-bond donors (Lipinski definition) is 1. The maximum absolute atomic E-state index is 5.70. The molecule has 0 aromatic heterocycles. The van der Waals surface area contributed by atoms with Gasteiger partial charge in [0.15, 0.2) is 0 Å². The van der Waals surface area contributed by atoms with E-state index in [-0.39, 0.29) is 6.17 Å². The van der Waals surface area contributed by atoms with Crippen molar-refractivity contribution in [2.24, 2.45) is 5.73 Å². The normalized spacial score (nSPS) is 15.0. The Balaban J connectivity index is 3.38. The van der Waals surface area contributed by atoms with Crippen molar-refractivity contribution in [1.29, 1.82) is 0 Å². The fraction of sp³-hybridized carbons (Fsp3) is 1.00.